The van der Waals surface area contributed by atoms with Gasteiger partial charge in [0, 0.05) is 6.04 Å². The molecule has 1 rings (SSSR count). The molecule has 0 saturated heterocycles. The number of hydrogen-bond donors (Lipinski definition) is 1. The van der Waals surface area contributed by atoms with Gasteiger partial charge >= 0.3 is 6.18 Å². The first-order valence-electron chi connectivity index (χ1n) is 6.29. The predicted molar refractivity (Wildman–Crippen MR) is 71.0 cm³/mol. The number of rotatable bonds is 6. The molecule has 0 aliphatic rings. The molecule has 1 unspecified atom stereocenters. The summed E-state index contributed by atoms with van der Waals surface area (Å²) >= 11 is 0. The predicted octanol–water partition coefficient (Wildman–Crippen LogP) is 3.00. The van der Waals surface area contributed by atoms with Gasteiger partial charge in [-0.2, -0.15) is 13.2 Å². The summed E-state index contributed by atoms with van der Waals surface area (Å²) in [6.07, 6.45) is -3.15. The molecule has 2 N–H and O–H groups in total. The fraction of sp³-hybridized carbons (Fsp3) is 0.538. The van der Waals surface area contributed by atoms with Crippen LogP contribution in [-0.4, -0.2) is 20.2 Å². The largest absolute Gasteiger partial charge is 0.417 e. The Balaban J connectivity index is 2.88. The molecular formula is C13H18F3NO2S. The molecule has 0 radical (unpaired) electrons. The van der Waals surface area contributed by atoms with Crippen LogP contribution in [0.4, 0.5) is 13.2 Å². The summed E-state index contributed by atoms with van der Waals surface area (Å²) in [7, 11) is -3.93. The highest BCUT2D eigenvalue weighted by Crippen LogP contribution is 2.34. The molecule has 1 atom stereocenters. The molecule has 1 aromatic rings. The van der Waals surface area contributed by atoms with Gasteiger partial charge in [-0.3, -0.25) is 0 Å². The molecule has 0 amide bonds. The van der Waals surface area contributed by atoms with E-state index in [1.165, 1.54) is 12.1 Å². The van der Waals surface area contributed by atoms with Crippen LogP contribution in [0.2, 0.25) is 0 Å². The van der Waals surface area contributed by atoms with Crippen molar-refractivity contribution in [2.24, 2.45) is 5.73 Å². The fourth-order valence-corrected chi connectivity index (χ4v) is 3.45. The third kappa shape index (κ3) is 4.79. The van der Waals surface area contributed by atoms with Crippen LogP contribution in [0.15, 0.2) is 29.2 Å². The molecule has 0 aromatic heterocycles. The van der Waals surface area contributed by atoms with Crippen LogP contribution in [0.3, 0.4) is 0 Å². The number of unbranched alkanes of at least 4 members (excludes halogenated alkanes) is 1. The van der Waals surface area contributed by atoms with Gasteiger partial charge in [0.15, 0.2) is 9.84 Å². The summed E-state index contributed by atoms with van der Waals surface area (Å²) in [6.45, 7) is 1.80. The maximum absolute atomic E-state index is 12.8. The van der Waals surface area contributed by atoms with Crippen LogP contribution in [0.25, 0.3) is 0 Å². The molecular weight excluding hydrogens is 291 g/mol. The van der Waals surface area contributed by atoms with Crippen molar-refractivity contribution in [2.75, 3.05) is 5.75 Å². The summed E-state index contributed by atoms with van der Waals surface area (Å²) in [5.41, 5.74) is 4.43. The van der Waals surface area contributed by atoms with E-state index >= 15 is 0 Å². The molecule has 0 aliphatic carbocycles. The SMILES string of the molecule is CC(N)CCCCS(=O)(=O)c1ccccc1C(F)(F)F. The van der Waals surface area contributed by atoms with E-state index in [4.69, 9.17) is 5.73 Å². The average molecular weight is 309 g/mol. The van der Waals surface area contributed by atoms with Gasteiger partial charge < -0.3 is 5.73 Å². The standard InChI is InChI=1S/C13H18F3NO2S/c1-10(17)6-4-5-9-20(18,19)12-8-3-2-7-11(12)13(14,15)16/h2-3,7-8,10H,4-6,9,17H2,1H3. The molecule has 0 bridgehead atoms. The van der Waals surface area contributed by atoms with Crippen molar-refractivity contribution in [1.29, 1.82) is 0 Å². The van der Waals surface area contributed by atoms with E-state index in [0.717, 1.165) is 12.1 Å². The lowest BCUT2D eigenvalue weighted by Gasteiger charge is -2.13. The number of alkyl halides is 3. The Hall–Kier alpha value is -1.08. The monoisotopic (exact) mass is 309 g/mol. The number of benzene rings is 1. The van der Waals surface area contributed by atoms with Crippen LogP contribution in [0.5, 0.6) is 0 Å². The van der Waals surface area contributed by atoms with Gasteiger partial charge in [0.25, 0.3) is 0 Å². The Labute approximate surface area is 116 Å². The minimum Gasteiger partial charge on any atom is -0.328 e. The lowest BCUT2D eigenvalue weighted by atomic mass is 10.2. The highest BCUT2D eigenvalue weighted by Gasteiger charge is 2.36. The minimum absolute atomic E-state index is 0.0415. The number of sulfone groups is 1. The van der Waals surface area contributed by atoms with Gasteiger partial charge in [0.05, 0.1) is 16.2 Å². The van der Waals surface area contributed by atoms with Crippen LogP contribution in [0.1, 0.15) is 31.7 Å². The van der Waals surface area contributed by atoms with Gasteiger partial charge in [0.1, 0.15) is 0 Å². The zero-order chi connectivity index (χ0) is 15.4. The summed E-state index contributed by atoms with van der Waals surface area (Å²) in [4.78, 5) is -0.645. The van der Waals surface area contributed by atoms with E-state index in [9.17, 15) is 21.6 Å². The Kier molecular flexibility index (Phi) is 5.59. The van der Waals surface area contributed by atoms with E-state index in [1.54, 1.807) is 6.92 Å². The van der Waals surface area contributed by atoms with Crippen LogP contribution >= 0.6 is 0 Å². The van der Waals surface area contributed by atoms with Gasteiger partial charge in [0.2, 0.25) is 0 Å². The third-order valence-corrected chi connectivity index (χ3v) is 4.70. The zero-order valence-electron chi connectivity index (χ0n) is 11.2. The number of hydrogen-bond acceptors (Lipinski definition) is 3. The quantitative estimate of drug-likeness (QED) is 0.822. The lowest BCUT2D eigenvalue weighted by molar-refractivity contribution is -0.139. The van der Waals surface area contributed by atoms with Gasteiger partial charge in [-0.15, -0.1) is 0 Å². The summed E-state index contributed by atoms with van der Waals surface area (Å²) in [6, 6.07) is 4.22. The van der Waals surface area contributed by atoms with Gasteiger partial charge in [-0.25, -0.2) is 8.42 Å². The molecule has 7 heteroatoms. The molecule has 0 aliphatic heterocycles. The molecule has 20 heavy (non-hydrogen) atoms. The Bertz CT molecular complexity index is 539. The highest BCUT2D eigenvalue weighted by molar-refractivity contribution is 7.91. The van der Waals surface area contributed by atoms with E-state index < -0.39 is 26.5 Å². The van der Waals surface area contributed by atoms with Crippen LogP contribution < -0.4 is 5.73 Å². The minimum atomic E-state index is -4.67. The zero-order valence-corrected chi connectivity index (χ0v) is 12.0. The molecule has 114 valence electrons. The highest BCUT2D eigenvalue weighted by atomic mass is 32.2. The molecule has 0 heterocycles. The first kappa shape index (κ1) is 17.0. The normalized spacial score (nSPS) is 14.2. The Morgan fingerprint density at radius 2 is 1.80 bits per heavy atom. The van der Waals surface area contributed by atoms with E-state index in [0.29, 0.717) is 19.3 Å². The van der Waals surface area contributed by atoms with Crippen molar-refractivity contribution in [1.82, 2.24) is 0 Å². The first-order valence-corrected chi connectivity index (χ1v) is 7.94. The van der Waals surface area contributed by atoms with Gasteiger partial charge in [-0.05, 0) is 31.9 Å². The maximum atomic E-state index is 12.8. The van der Waals surface area contributed by atoms with Crippen molar-refractivity contribution >= 4 is 9.84 Å². The average Bonchev–Trinajstić information content (AvgIpc) is 2.33. The molecule has 0 spiro atoms. The van der Waals surface area contributed by atoms with Gasteiger partial charge in [-0.1, -0.05) is 18.6 Å². The fourth-order valence-electron chi connectivity index (χ4n) is 1.84. The second-order valence-electron chi connectivity index (χ2n) is 4.79. The van der Waals surface area contributed by atoms with Crippen LogP contribution in [-0.2, 0) is 16.0 Å². The first-order chi connectivity index (χ1) is 9.14. The van der Waals surface area contributed by atoms with Crippen LogP contribution in [0, 0.1) is 0 Å². The maximum Gasteiger partial charge on any atom is 0.417 e. The third-order valence-electron chi connectivity index (χ3n) is 2.85. The second kappa shape index (κ2) is 6.58. The van der Waals surface area contributed by atoms with Crippen molar-refractivity contribution < 1.29 is 21.6 Å². The topological polar surface area (TPSA) is 60.2 Å². The molecule has 0 saturated carbocycles. The van der Waals surface area contributed by atoms with Crippen molar-refractivity contribution in [3.8, 4) is 0 Å². The Morgan fingerprint density at radius 1 is 1.20 bits per heavy atom. The number of halogens is 3. The summed E-state index contributed by atoms with van der Waals surface area (Å²) in [5.74, 6) is -0.299. The van der Waals surface area contributed by atoms with E-state index in [-0.39, 0.29) is 11.8 Å². The molecule has 1 aromatic carbocycles. The van der Waals surface area contributed by atoms with Crippen molar-refractivity contribution in [3.05, 3.63) is 29.8 Å². The van der Waals surface area contributed by atoms with E-state index in [2.05, 4.69) is 0 Å². The molecule has 3 nitrogen and oxygen atoms in total. The van der Waals surface area contributed by atoms with E-state index in [1.807, 2.05) is 0 Å². The summed E-state index contributed by atoms with van der Waals surface area (Å²) in [5, 5.41) is 0. The Morgan fingerprint density at radius 3 is 2.35 bits per heavy atom. The number of nitrogens with two attached hydrogens (primary N) is 1. The van der Waals surface area contributed by atoms with Crippen molar-refractivity contribution in [2.45, 2.75) is 43.3 Å². The second-order valence-corrected chi connectivity index (χ2v) is 6.86. The summed E-state index contributed by atoms with van der Waals surface area (Å²) < 4.78 is 62.4. The smallest absolute Gasteiger partial charge is 0.328 e. The van der Waals surface area contributed by atoms with Crippen molar-refractivity contribution in [3.63, 3.8) is 0 Å². The lowest BCUT2D eigenvalue weighted by Crippen LogP contribution is -2.17. The molecule has 0 fully saturated rings.